The number of ether oxygens (including phenoxy) is 4. The maximum atomic E-state index is 12.2. The molecule has 10 nitrogen and oxygen atoms in total. The molecule has 0 unspecified atom stereocenters. The number of alkyl carbamates (subject to hydrolysis) is 2. The summed E-state index contributed by atoms with van der Waals surface area (Å²) in [5.41, 5.74) is 0. The van der Waals surface area contributed by atoms with E-state index in [4.69, 9.17) is 18.9 Å². The third-order valence-electron chi connectivity index (χ3n) is 3.31. The van der Waals surface area contributed by atoms with Crippen molar-refractivity contribution in [2.24, 2.45) is 0 Å². The van der Waals surface area contributed by atoms with Crippen molar-refractivity contribution >= 4 is 24.1 Å². The summed E-state index contributed by atoms with van der Waals surface area (Å²) in [5, 5.41) is 4.58. The number of nitrogens with one attached hydrogen (secondary N) is 2. The second kappa shape index (κ2) is 12.6. The molecule has 1 aromatic carbocycles. The summed E-state index contributed by atoms with van der Waals surface area (Å²) in [6.45, 7) is 9.57. The fourth-order valence-electron chi connectivity index (χ4n) is 1.84. The Bertz CT molecular complexity index is 728. The van der Waals surface area contributed by atoms with Gasteiger partial charge in [0, 0.05) is 0 Å². The van der Waals surface area contributed by atoms with Crippen LogP contribution < -0.4 is 20.1 Å². The zero-order chi connectivity index (χ0) is 22.5. The lowest BCUT2D eigenvalue weighted by atomic mass is 10.3. The first-order chi connectivity index (χ1) is 14.3. The lowest BCUT2D eigenvalue weighted by molar-refractivity contribution is -0.138. The van der Waals surface area contributed by atoms with Crippen LogP contribution in [0.5, 0.6) is 11.5 Å². The predicted octanol–water partition coefficient (Wildman–Crippen LogP) is 2.10. The van der Waals surface area contributed by atoms with Gasteiger partial charge in [-0.25, -0.2) is 19.2 Å². The summed E-state index contributed by atoms with van der Waals surface area (Å²) in [7, 11) is 0. The number of rotatable bonds is 10. The van der Waals surface area contributed by atoms with E-state index in [-0.39, 0.29) is 24.7 Å². The van der Waals surface area contributed by atoms with E-state index >= 15 is 0 Å². The fourth-order valence-corrected chi connectivity index (χ4v) is 1.84. The summed E-state index contributed by atoms with van der Waals surface area (Å²) in [5.74, 6) is -1.72. The molecule has 30 heavy (non-hydrogen) atoms. The topological polar surface area (TPSA) is 129 Å². The number of para-hydroxylation sites is 2. The number of hydrogen-bond acceptors (Lipinski definition) is 8. The van der Waals surface area contributed by atoms with Gasteiger partial charge in [0.15, 0.2) is 11.5 Å². The quantitative estimate of drug-likeness (QED) is 0.334. The third kappa shape index (κ3) is 8.46. The molecule has 0 saturated heterocycles. The van der Waals surface area contributed by atoms with Crippen LogP contribution in [0.1, 0.15) is 13.8 Å². The molecule has 1 rings (SSSR count). The van der Waals surface area contributed by atoms with Gasteiger partial charge >= 0.3 is 24.1 Å². The van der Waals surface area contributed by atoms with E-state index < -0.39 is 36.2 Å². The van der Waals surface area contributed by atoms with Crippen molar-refractivity contribution in [2.45, 2.75) is 25.9 Å². The van der Waals surface area contributed by atoms with Gasteiger partial charge in [0.25, 0.3) is 0 Å². The van der Waals surface area contributed by atoms with Crippen LogP contribution in [0.4, 0.5) is 9.59 Å². The highest BCUT2D eigenvalue weighted by atomic mass is 16.6. The lowest BCUT2D eigenvalue weighted by Gasteiger charge is -2.16. The minimum atomic E-state index is -1.04. The highest BCUT2D eigenvalue weighted by Gasteiger charge is 2.23. The van der Waals surface area contributed by atoms with E-state index in [1.54, 1.807) is 12.1 Å². The summed E-state index contributed by atoms with van der Waals surface area (Å²) in [6.07, 6.45) is 1.12. The van der Waals surface area contributed by atoms with Crippen LogP contribution in [0.2, 0.25) is 0 Å². The van der Waals surface area contributed by atoms with Crippen LogP contribution >= 0.6 is 0 Å². The third-order valence-corrected chi connectivity index (χ3v) is 3.31. The van der Waals surface area contributed by atoms with Crippen molar-refractivity contribution in [3.05, 3.63) is 49.6 Å². The molecule has 162 valence electrons. The molecule has 0 aliphatic rings. The fraction of sp³-hybridized carbons (Fsp3) is 0.300. The van der Waals surface area contributed by atoms with E-state index in [1.165, 1.54) is 38.1 Å². The molecule has 0 spiro atoms. The summed E-state index contributed by atoms with van der Waals surface area (Å²) in [4.78, 5) is 47.4. The second-order valence-electron chi connectivity index (χ2n) is 5.80. The van der Waals surface area contributed by atoms with Crippen LogP contribution in [-0.2, 0) is 19.1 Å². The molecule has 0 fully saturated rings. The Kier molecular flexibility index (Phi) is 10.2. The van der Waals surface area contributed by atoms with Crippen LogP contribution in [0.15, 0.2) is 49.6 Å². The summed E-state index contributed by atoms with van der Waals surface area (Å²) >= 11 is 0. The first-order valence-electron chi connectivity index (χ1n) is 8.89. The Morgan fingerprint density at radius 1 is 0.833 bits per heavy atom. The number of carbonyl (C=O) groups is 4. The molecule has 10 heteroatoms. The predicted molar refractivity (Wildman–Crippen MR) is 106 cm³/mol. The average Bonchev–Trinajstić information content (AvgIpc) is 2.71. The Morgan fingerprint density at radius 3 is 1.53 bits per heavy atom. The molecule has 1 aromatic rings. The molecular formula is C20H24N2O8. The van der Waals surface area contributed by atoms with Gasteiger partial charge in [-0.3, -0.25) is 0 Å². The molecular weight excluding hydrogens is 396 g/mol. The number of hydrogen-bond donors (Lipinski definition) is 2. The Morgan fingerprint density at radius 2 is 1.20 bits per heavy atom. The van der Waals surface area contributed by atoms with Gasteiger partial charge in [0.1, 0.15) is 25.3 Å². The normalized spacial score (nSPS) is 11.8. The maximum Gasteiger partial charge on any atom is 0.408 e. The first-order valence-corrected chi connectivity index (χ1v) is 8.89. The molecule has 0 aromatic heterocycles. The van der Waals surface area contributed by atoms with Crippen molar-refractivity contribution < 1.29 is 38.1 Å². The number of amides is 2. The lowest BCUT2D eigenvalue weighted by Crippen LogP contribution is -2.41. The van der Waals surface area contributed by atoms with Gasteiger partial charge < -0.3 is 29.6 Å². The monoisotopic (exact) mass is 420 g/mol. The van der Waals surface area contributed by atoms with Gasteiger partial charge in [0.2, 0.25) is 0 Å². The van der Waals surface area contributed by atoms with Gasteiger partial charge in [-0.05, 0) is 26.0 Å². The zero-order valence-corrected chi connectivity index (χ0v) is 16.7. The number of benzene rings is 1. The van der Waals surface area contributed by atoms with Gasteiger partial charge in [0.05, 0.1) is 0 Å². The van der Waals surface area contributed by atoms with Crippen LogP contribution in [-0.4, -0.2) is 49.4 Å². The Balaban J connectivity index is 2.70. The maximum absolute atomic E-state index is 12.2. The SMILES string of the molecule is C=CCOC(=O)N[C@@H](C)C(=O)Oc1ccccc1OC(=O)[C@H](C)NC(=O)OCC=C. The van der Waals surface area contributed by atoms with Gasteiger partial charge in [-0.1, -0.05) is 37.4 Å². The van der Waals surface area contributed by atoms with E-state index in [1.807, 2.05) is 0 Å². The van der Waals surface area contributed by atoms with Crippen molar-refractivity contribution in [1.29, 1.82) is 0 Å². The molecule has 0 radical (unpaired) electrons. The minimum Gasteiger partial charge on any atom is -0.445 e. The molecule has 0 saturated carbocycles. The zero-order valence-electron chi connectivity index (χ0n) is 16.7. The van der Waals surface area contributed by atoms with Crippen LogP contribution in [0.3, 0.4) is 0 Å². The van der Waals surface area contributed by atoms with Crippen LogP contribution in [0, 0.1) is 0 Å². The Hall–Kier alpha value is -3.82. The van der Waals surface area contributed by atoms with Crippen molar-refractivity contribution in [1.82, 2.24) is 10.6 Å². The molecule has 0 heterocycles. The molecule has 0 bridgehead atoms. The highest BCUT2D eigenvalue weighted by Crippen LogP contribution is 2.27. The van der Waals surface area contributed by atoms with Gasteiger partial charge in [-0.15, -0.1) is 0 Å². The Labute approximate surface area is 173 Å². The van der Waals surface area contributed by atoms with E-state index in [9.17, 15) is 19.2 Å². The molecule has 0 aliphatic heterocycles. The molecule has 2 amide bonds. The smallest absolute Gasteiger partial charge is 0.408 e. The van der Waals surface area contributed by atoms with E-state index in [2.05, 4.69) is 23.8 Å². The minimum absolute atomic E-state index is 0.0141. The van der Waals surface area contributed by atoms with Crippen molar-refractivity contribution in [2.75, 3.05) is 13.2 Å². The molecule has 0 aliphatic carbocycles. The first kappa shape index (κ1) is 24.2. The van der Waals surface area contributed by atoms with Crippen LogP contribution in [0.25, 0.3) is 0 Å². The largest absolute Gasteiger partial charge is 0.445 e. The highest BCUT2D eigenvalue weighted by molar-refractivity contribution is 5.85. The van der Waals surface area contributed by atoms with Crippen molar-refractivity contribution in [3.63, 3.8) is 0 Å². The molecule has 2 atom stereocenters. The summed E-state index contributed by atoms with van der Waals surface area (Å²) < 4.78 is 19.8. The summed E-state index contributed by atoms with van der Waals surface area (Å²) in [6, 6.07) is 3.85. The second-order valence-corrected chi connectivity index (χ2v) is 5.80. The number of esters is 2. The van der Waals surface area contributed by atoms with Crippen molar-refractivity contribution in [3.8, 4) is 11.5 Å². The standard InChI is InChI=1S/C20H24N2O8/c1-5-11-27-19(25)21-13(3)17(23)29-15-9-7-8-10-16(15)30-18(24)14(4)22-20(26)28-12-6-2/h5-10,13-14H,1-2,11-12H2,3-4H3,(H,21,25)(H,22,26)/t13-,14-/m0/s1. The number of carbonyl (C=O) groups excluding carboxylic acids is 4. The van der Waals surface area contributed by atoms with E-state index in [0.717, 1.165) is 0 Å². The molecule has 2 N–H and O–H groups in total. The van der Waals surface area contributed by atoms with E-state index in [0.29, 0.717) is 0 Å². The average molecular weight is 420 g/mol. The van der Waals surface area contributed by atoms with Gasteiger partial charge in [-0.2, -0.15) is 0 Å².